The molecule has 106 valence electrons. The number of oxime groups is 1. The van der Waals surface area contributed by atoms with E-state index in [-0.39, 0.29) is 6.10 Å². The zero-order valence-corrected chi connectivity index (χ0v) is 12.0. The van der Waals surface area contributed by atoms with Crippen LogP contribution < -0.4 is 4.74 Å². The van der Waals surface area contributed by atoms with E-state index in [1.165, 1.54) is 0 Å². The van der Waals surface area contributed by atoms with E-state index >= 15 is 0 Å². The summed E-state index contributed by atoms with van der Waals surface area (Å²) in [6.07, 6.45) is -0.0870. The normalized spacial score (nSPS) is 13.4. The van der Waals surface area contributed by atoms with Crippen LogP contribution in [0.1, 0.15) is 19.4 Å². The van der Waals surface area contributed by atoms with E-state index < -0.39 is 0 Å². The monoisotopic (exact) mass is 273 g/mol. The Morgan fingerprint density at radius 2 is 2.00 bits per heavy atom. The number of hydrogen-bond donors (Lipinski definition) is 1. The number of rotatable bonds is 5. The third kappa shape index (κ3) is 2.91. The van der Waals surface area contributed by atoms with E-state index in [9.17, 15) is 0 Å². The number of ether oxygens (including phenoxy) is 2. The molecule has 0 heterocycles. The van der Waals surface area contributed by atoms with Gasteiger partial charge in [-0.2, -0.15) is 0 Å². The average Bonchev–Trinajstić information content (AvgIpc) is 2.47. The Balaban J connectivity index is 2.55. The molecule has 0 aromatic heterocycles. The molecule has 0 radical (unpaired) electrons. The van der Waals surface area contributed by atoms with E-state index in [0.29, 0.717) is 12.3 Å². The SMILES string of the molecule is COCC(C)Oc1c(C(C)=NO)ccc2ccccc12. The van der Waals surface area contributed by atoms with E-state index in [2.05, 4.69) is 5.16 Å². The molecule has 0 saturated carbocycles. The summed E-state index contributed by atoms with van der Waals surface area (Å²) in [6, 6.07) is 11.9. The lowest BCUT2D eigenvalue weighted by Crippen LogP contribution is -2.19. The predicted octanol–water partition coefficient (Wildman–Crippen LogP) is 3.45. The number of benzene rings is 2. The number of methoxy groups -OCH3 is 1. The minimum atomic E-state index is -0.0870. The Labute approximate surface area is 118 Å². The van der Waals surface area contributed by atoms with Gasteiger partial charge in [0.25, 0.3) is 0 Å². The summed E-state index contributed by atoms with van der Waals surface area (Å²) < 4.78 is 11.1. The van der Waals surface area contributed by atoms with Crippen LogP contribution in [0, 0.1) is 0 Å². The molecule has 20 heavy (non-hydrogen) atoms. The fourth-order valence-electron chi connectivity index (χ4n) is 2.18. The topological polar surface area (TPSA) is 51.0 Å². The van der Waals surface area contributed by atoms with Crippen LogP contribution in [-0.4, -0.2) is 30.7 Å². The van der Waals surface area contributed by atoms with Crippen molar-refractivity contribution in [1.29, 1.82) is 0 Å². The van der Waals surface area contributed by atoms with Gasteiger partial charge in [0.05, 0.1) is 12.3 Å². The first-order valence-corrected chi connectivity index (χ1v) is 6.53. The maximum absolute atomic E-state index is 9.03. The lowest BCUT2D eigenvalue weighted by Gasteiger charge is -2.18. The lowest BCUT2D eigenvalue weighted by molar-refractivity contribution is 0.0929. The van der Waals surface area contributed by atoms with Crippen molar-refractivity contribution in [3.63, 3.8) is 0 Å². The molecule has 2 rings (SSSR count). The summed E-state index contributed by atoms with van der Waals surface area (Å²) >= 11 is 0. The van der Waals surface area contributed by atoms with Crippen LogP contribution in [0.5, 0.6) is 5.75 Å². The number of fused-ring (bicyclic) bond motifs is 1. The van der Waals surface area contributed by atoms with Gasteiger partial charge in [0.2, 0.25) is 0 Å². The quantitative estimate of drug-likeness (QED) is 0.515. The molecule has 0 saturated heterocycles. The van der Waals surface area contributed by atoms with Crippen molar-refractivity contribution in [3.05, 3.63) is 42.0 Å². The van der Waals surface area contributed by atoms with Crippen molar-refractivity contribution in [2.24, 2.45) is 5.16 Å². The smallest absolute Gasteiger partial charge is 0.136 e. The first-order chi connectivity index (χ1) is 9.67. The molecule has 0 bridgehead atoms. The molecule has 1 N–H and O–H groups in total. The summed E-state index contributed by atoms with van der Waals surface area (Å²) in [4.78, 5) is 0. The van der Waals surface area contributed by atoms with Crippen molar-refractivity contribution in [2.75, 3.05) is 13.7 Å². The summed E-state index contributed by atoms with van der Waals surface area (Å²) in [5.74, 6) is 0.725. The van der Waals surface area contributed by atoms with Gasteiger partial charge in [-0.1, -0.05) is 35.5 Å². The zero-order chi connectivity index (χ0) is 14.5. The highest BCUT2D eigenvalue weighted by Gasteiger charge is 2.14. The fourth-order valence-corrected chi connectivity index (χ4v) is 2.18. The molecule has 2 aromatic carbocycles. The van der Waals surface area contributed by atoms with E-state index in [1.54, 1.807) is 14.0 Å². The predicted molar refractivity (Wildman–Crippen MR) is 79.9 cm³/mol. The average molecular weight is 273 g/mol. The molecule has 0 fully saturated rings. The molecule has 0 aliphatic rings. The van der Waals surface area contributed by atoms with Gasteiger partial charge in [-0.15, -0.1) is 0 Å². The minimum Gasteiger partial charge on any atom is -0.487 e. The van der Waals surface area contributed by atoms with Gasteiger partial charge in [0.15, 0.2) is 0 Å². The molecule has 4 nitrogen and oxygen atoms in total. The Hall–Kier alpha value is -2.07. The first kappa shape index (κ1) is 14.3. The summed E-state index contributed by atoms with van der Waals surface area (Å²) in [7, 11) is 1.64. The Kier molecular flexibility index (Phi) is 4.58. The van der Waals surface area contributed by atoms with Crippen molar-refractivity contribution < 1.29 is 14.7 Å². The highest BCUT2D eigenvalue weighted by molar-refractivity contribution is 6.06. The molecule has 0 aliphatic carbocycles. The third-order valence-electron chi connectivity index (χ3n) is 3.14. The summed E-state index contributed by atoms with van der Waals surface area (Å²) in [5.41, 5.74) is 1.31. The van der Waals surface area contributed by atoms with Crippen LogP contribution in [0.4, 0.5) is 0 Å². The second kappa shape index (κ2) is 6.39. The zero-order valence-electron chi connectivity index (χ0n) is 12.0. The number of hydrogen-bond acceptors (Lipinski definition) is 4. The first-order valence-electron chi connectivity index (χ1n) is 6.53. The second-order valence-electron chi connectivity index (χ2n) is 4.73. The third-order valence-corrected chi connectivity index (χ3v) is 3.14. The molecule has 0 aliphatic heterocycles. The van der Waals surface area contributed by atoms with Gasteiger partial charge >= 0.3 is 0 Å². The molecular weight excluding hydrogens is 254 g/mol. The number of nitrogens with zero attached hydrogens (tertiary/aromatic N) is 1. The van der Waals surface area contributed by atoms with Crippen LogP contribution in [-0.2, 0) is 4.74 Å². The van der Waals surface area contributed by atoms with Gasteiger partial charge in [-0.3, -0.25) is 0 Å². The van der Waals surface area contributed by atoms with Gasteiger partial charge in [-0.25, -0.2) is 0 Å². The minimum absolute atomic E-state index is 0.0870. The van der Waals surface area contributed by atoms with Crippen LogP contribution in [0.3, 0.4) is 0 Å². The van der Waals surface area contributed by atoms with Gasteiger partial charge in [0, 0.05) is 18.1 Å². The standard InChI is InChI=1S/C16H19NO3/c1-11(10-19-3)20-16-14(12(2)17-18)9-8-13-6-4-5-7-15(13)16/h4-9,11,18H,10H2,1-3H3. The lowest BCUT2D eigenvalue weighted by atomic mass is 10.0. The largest absolute Gasteiger partial charge is 0.487 e. The molecule has 0 spiro atoms. The van der Waals surface area contributed by atoms with Crippen LogP contribution in [0.25, 0.3) is 10.8 Å². The fraction of sp³-hybridized carbons (Fsp3) is 0.312. The van der Waals surface area contributed by atoms with Crippen LogP contribution >= 0.6 is 0 Å². The van der Waals surface area contributed by atoms with Gasteiger partial charge < -0.3 is 14.7 Å². The van der Waals surface area contributed by atoms with Crippen LogP contribution in [0.2, 0.25) is 0 Å². The summed E-state index contributed by atoms with van der Waals surface area (Å²) in [6.45, 7) is 4.19. The molecule has 4 heteroatoms. The molecular formula is C16H19NO3. The molecule has 1 unspecified atom stereocenters. The molecule has 0 amide bonds. The van der Waals surface area contributed by atoms with Crippen molar-refractivity contribution in [3.8, 4) is 5.75 Å². The van der Waals surface area contributed by atoms with Gasteiger partial charge in [-0.05, 0) is 25.3 Å². The maximum Gasteiger partial charge on any atom is 0.136 e. The Bertz CT molecular complexity index is 622. The Morgan fingerprint density at radius 1 is 1.25 bits per heavy atom. The molecule has 1 atom stereocenters. The van der Waals surface area contributed by atoms with E-state index in [0.717, 1.165) is 22.1 Å². The highest BCUT2D eigenvalue weighted by Crippen LogP contribution is 2.31. The second-order valence-corrected chi connectivity index (χ2v) is 4.73. The van der Waals surface area contributed by atoms with Crippen molar-refractivity contribution in [2.45, 2.75) is 20.0 Å². The maximum atomic E-state index is 9.03. The van der Waals surface area contributed by atoms with Crippen molar-refractivity contribution >= 4 is 16.5 Å². The highest BCUT2D eigenvalue weighted by atomic mass is 16.5. The summed E-state index contributed by atoms with van der Waals surface area (Å²) in [5, 5.41) is 14.4. The Morgan fingerprint density at radius 3 is 2.70 bits per heavy atom. The van der Waals surface area contributed by atoms with E-state index in [1.807, 2.05) is 43.3 Å². The van der Waals surface area contributed by atoms with E-state index in [4.69, 9.17) is 14.7 Å². The molecule has 2 aromatic rings. The van der Waals surface area contributed by atoms with Crippen LogP contribution in [0.15, 0.2) is 41.6 Å². The van der Waals surface area contributed by atoms with Crippen molar-refractivity contribution in [1.82, 2.24) is 0 Å². The van der Waals surface area contributed by atoms with Gasteiger partial charge in [0.1, 0.15) is 11.9 Å².